The molecule has 0 radical (unpaired) electrons. The number of hydrogen-bond acceptors (Lipinski definition) is 2. The van der Waals surface area contributed by atoms with Crippen LogP contribution in [0.4, 0.5) is 0 Å². The summed E-state index contributed by atoms with van der Waals surface area (Å²) < 4.78 is 20.3. The standard InChI is InChI=1S/C4H6O2S2.Na/c5-8(6)7-3-1-2-4-7;/h1-4,7H,(H,5,6);/q;+1/p-1. The van der Waals surface area contributed by atoms with Crippen molar-refractivity contribution >= 4 is 20.0 Å². The maximum absolute atomic E-state index is 10.1. The molecule has 0 saturated carbocycles. The van der Waals surface area contributed by atoms with Crippen LogP contribution >= 0.6 is 9.93 Å². The van der Waals surface area contributed by atoms with E-state index < -0.39 is 20.0 Å². The molecule has 9 heavy (non-hydrogen) atoms. The summed E-state index contributed by atoms with van der Waals surface area (Å²) in [6.45, 7) is 0. The van der Waals surface area contributed by atoms with Crippen LogP contribution in [0.5, 0.6) is 0 Å². The number of hydrogen-bond donors (Lipinski definition) is 1. The van der Waals surface area contributed by atoms with Gasteiger partial charge in [0.15, 0.2) is 0 Å². The summed E-state index contributed by atoms with van der Waals surface area (Å²) in [5.41, 5.74) is 0. The summed E-state index contributed by atoms with van der Waals surface area (Å²) in [6.07, 6.45) is 3.50. The van der Waals surface area contributed by atoms with Crippen molar-refractivity contribution in [3.8, 4) is 0 Å². The second kappa shape index (κ2) is 4.71. The van der Waals surface area contributed by atoms with E-state index in [0.717, 1.165) is 0 Å². The maximum atomic E-state index is 10.1. The van der Waals surface area contributed by atoms with Gasteiger partial charge in [0.2, 0.25) is 0 Å². The molecule has 0 spiro atoms. The van der Waals surface area contributed by atoms with Crippen molar-refractivity contribution in [3.63, 3.8) is 0 Å². The van der Waals surface area contributed by atoms with Gasteiger partial charge in [-0.05, 0) is 20.9 Å². The normalized spacial score (nSPS) is 21.7. The van der Waals surface area contributed by atoms with E-state index in [2.05, 4.69) is 0 Å². The quantitative estimate of drug-likeness (QED) is 0.211. The minimum Gasteiger partial charge on any atom is -0.764 e. The van der Waals surface area contributed by atoms with E-state index in [1.807, 2.05) is 0 Å². The van der Waals surface area contributed by atoms with E-state index in [-0.39, 0.29) is 29.6 Å². The molecular formula is C4H5NaO2S2. The Morgan fingerprint density at radius 1 is 1.33 bits per heavy atom. The Kier molecular flexibility index (Phi) is 5.20. The second-order valence-electron chi connectivity index (χ2n) is 1.26. The molecule has 1 heterocycles. The minimum atomic E-state index is -1.90. The average molecular weight is 172 g/mol. The molecule has 0 aliphatic carbocycles. The third-order valence-corrected chi connectivity index (χ3v) is 3.79. The van der Waals surface area contributed by atoms with Crippen LogP contribution in [0.1, 0.15) is 0 Å². The topological polar surface area (TPSA) is 40.1 Å². The molecule has 1 aliphatic heterocycles. The van der Waals surface area contributed by atoms with Gasteiger partial charge in [-0.25, -0.2) is 0 Å². The zero-order valence-electron chi connectivity index (χ0n) is 4.98. The average Bonchev–Trinajstić information content (AvgIpc) is 2.12. The molecule has 0 N–H and O–H groups in total. The van der Waals surface area contributed by atoms with Crippen molar-refractivity contribution in [2.75, 3.05) is 0 Å². The number of allylic oxidation sites excluding steroid dienone is 2. The second-order valence-corrected chi connectivity index (χ2v) is 5.17. The molecular weight excluding hydrogens is 167 g/mol. The van der Waals surface area contributed by atoms with Gasteiger partial charge in [0.25, 0.3) is 0 Å². The first-order chi connectivity index (χ1) is 3.80. The van der Waals surface area contributed by atoms with Crippen LogP contribution in [-0.2, 0) is 10.1 Å². The first kappa shape index (κ1) is 9.94. The number of rotatable bonds is 1. The maximum Gasteiger partial charge on any atom is 1.00 e. The Morgan fingerprint density at radius 3 is 2.00 bits per heavy atom. The van der Waals surface area contributed by atoms with Crippen LogP contribution in [0.3, 0.4) is 0 Å². The van der Waals surface area contributed by atoms with Crippen molar-refractivity contribution in [1.29, 1.82) is 0 Å². The van der Waals surface area contributed by atoms with Gasteiger partial charge in [0.1, 0.15) is 0 Å². The van der Waals surface area contributed by atoms with Crippen molar-refractivity contribution in [3.05, 3.63) is 23.0 Å². The molecule has 1 rings (SSSR count). The fourth-order valence-corrected chi connectivity index (χ4v) is 2.27. The van der Waals surface area contributed by atoms with Crippen LogP contribution in [0.15, 0.2) is 23.0 Å². The van der Waals surface area contributed by atoms with Crippen LogP contribution in [0, 0.1) is 0 Å². The molecule has 0 aromatic heterocycles. The van der Waals surface area contributed by atoms with Gasteiger partial charge in [-0.2, -0.15) is 0 Å². The Hall–Kier alpha value is 0.940. The Balaban J connectivity index is 0.000000640. The predicted octanol–water partition coefficient (Wildman–Crippen LogP) is -2.17. The van der Waals surface area contributed by atoms with Gasteiger partial charge in [-0.3, -0.25) is 4.21 Å². The van der Waals surface area contributed by atoms with Crippen molar-refractivity contribution < 1.29 is 38.3 Å². The molecule has 1 aliphatic rings. The van der Waals surface area contributed by atoms with Gasteiger partial charge in [-0.15, -0.1) is 9.93 Å². The van der Waals surface area contributed by atoms with E-state index in [1.165, 1.54) is 0 Å². The monoisotopic (exact) mass is 172 g/mol. The van der Waals surface area contributed by atoms with Gasteiger partial charge in [-0.1, -0.05) is 12.2 Å². The van der Waals surface area contributed by atoms with Crippen LogP contribution in [0.25, 0.3) is 0 Å². The molecule has 0 aromatic rings. The molecule has 5 heteroatoms. The minimum absolute atomic E-state index is 0. The molecule has 0 fully saturated rings. The summed E-state index contributed by atoms with van der Waals surface area (Å²) in [5.74, 6) is 0. The summed E-state index contributed by atoms with van der Waals surface area (Å²) >= 11 is 0. The molecule has 0 saturated heterocycles. The smallest absolute Gasteiger partial charge is 0.764 e. The van der Waals surface area contributed by atoms with Gasteiger partial charge in [0, 0.05) is 0 Å². The van der Waals surface area contributed by atoms with Crippen molar-refractivity contribution in [2.45, 2.75) is 0 Å². The third-order valence-electron chi connectivity index (χ3n) is 0.749. The first-order valence-corrected chi connectivity index (χ1v) is 5.19. The first-order valence-electron chi connectivity index (χ1n) is 2.03. The van der Waals surface area contributed by atoms with Crippen molar-refractivity contribution in [2.24, 2.45) is 0 Å². The SMILES string of the molecule is O=S([O-])[SH]1C=CC=C1.[Na+]. The molecule has 2 nitrogen and oxygen atoms in total. The zero-order valence-corrected chi connectivity index (χ0v) is 8.69. The van der Waals surface area contributed by atoms with E-state index in [4.69, 9.17) is 0 Å². The van der Waals surface area contributed by atoms with Crippen LogP contribution in [-0.4, -0.2) is 8.76 Å². The number of thiol groups is 1. The molecule has 1 atom stereocenters. The molecule has 0 bridgehead atoms. The summed E-state index contributed by atoms with van der Waals surface area (Å²) in [4.78, 5) is 0. The summed E-state index contributed by atoms with van der Waals surface area (Å²) in [5, 5.41) is 3.39. The predicted molar refractivity (Wildman–Crippen MR) is 36.2 cm³/mol. The Bertz CT molecular complexity index is 154. The van der Waals surface area contributed by atoms with Gasteiger partial charge < -0.3 is 4.55 Å². The molecule has 0 amide bonds. The Labute approximate surface area is 80.7 Å². The fraction of sp³-hybridized carbons (Fsp3) is 0. The van der Waals surface area contributed by atoms with Crippen LogP contribution in [0.2, 0.25) is 0 Å². The molecule has 46 valence electrons. The van der Waals surface area contributed by atoms with Crippen LogP contribution < -0.4 is 29.6 Å². The van der Waals surface area contributed by atoms with Crippen molar-refractivity contribution in [1.82, 2.24) is 0 Å². The largest absolute Gasteiger partial charge is 1.00 e. The fourth-order valence-electron chi connectivity index (χ4n) is 0.418. The zero-order chi connectivity index (χ0) is 5.98. The van der Waals surface area contributed by atoms with E-state index in [9.17, 15) is 8.76 Å². The summed E-state index contributed by atoms with van der Waals surface area (Å²) in [6, 6.07) is 0. The molecule has 1 unspecified atom stereocenters. The van der Waals surface area contributed by atoms with E-state index in [0.29, 0.717) is 0 Å². The van der Waals surface area contributed by atoms with Gasteiger partial charge >= 0.3 is 29.6 Å². The summed E-state index contributed by atoms with van der Waals surface area (Å²) in [7, 11) is -2.85. The van der Waals surface area contributed by atoms with E-state index in [1.54, 1.807) is 23.0 Å². The van der Waals surface area contributed by atoms with E-state index >= 15 is 0 Å². The molecule has 0 aromatic carbocycles. The third kappa shape index (κ3) is 3.02. The van der Waals surface area contributed by atoms with Gasteiger partial charge in [0.05, 0.1) is 0 Å². The Morgan fingerprint density at radius 2 is 1.78 bits per heavy atom.